The Labute approximate surface area is 249 Å². The molecule has 0 radical (unpaired) electrons. The lowest BCUT2D eigenvalue weighted by Crippen LogP contribution is -2.44. The summed E-state index contributed by atoms with van der Waals surface area (Å²) in [5, 5.41) is 0. The number of H-pyrrole nitrogens is 1. The average Bonchev–Trinajstić information content (AvgIpc) is 3.67. The van der Waals surface area contributed by atoms with E-state index in [-0.39, 0.29) is 49.0 Å². The van der Waals surface area contributed by atoms with Crippen molar-refractivity contribution in [3.8, 4) is 11.3 Å². The van der Waals surface area contributed by atoms with Crippen LogP contribution in [0.15, 0.2) is 30.5 Å². The molecule has 0 saturated carbocycles. The van der Waals surface area contributed by atoms with Crippen LogP contribution in [-0.4, -0.2) is 84.3 Å². The first-order valence-corrected chi connectivity index (χ1v) is 13.6. The number of methoxy groups -OCH3 is 1. The van der Waals surface area contributed by atoms with Gasteiger partial charge in [-0.25, -0.2) is 4.98 Å². The quantitative estimate of drug-likeness (QED) is 0.386. The predicted molar refractivity (Wildman–Crippen MR) is 160 cm³/mol. The number of imidazole rings is 1. The minimum absolute atomic E-state index is 0. The number of carbonyl (C=O) groups excluding carboxylic acids is 2. The van der Waals surface area contributed by atoms with Crippen molar-refractivity contribution in [2.45, 2.75) is 77.1 Å². The topological polar surface area (TPSA) is 138 Å². The number of hydrogen-bond donors (Lipinski definition) is 2. The maximum atomic E-state index is 13.5. The number of likely N-dealkylation sites (tertiary alicyclic amines) is 1. The second-order valence-electron chi connectivity index (χ2n) is 11.7. The molecule has 226 valence electrons. The van der Waals surface area contributed by atoms with Gasteiger partial charge in [0.25, 0.3) is 5.91 Å². The summed E-state index contributed by atoms with van der Waals surface area (Å²) < 4.78 is 29.8. The van der Waals surface area contributed by atoms with Crippen LogP contribution >= 0.6 is 13.5 Å². The molecule has 3 N–H and O–H groups in total. The van der Waals surface area contributed by atoms with E-state index in [1.165, 1.54) is 0 Å². The van der Waals surface area contributed by atoms with Crippen LogP contribution in [0.2, 0.25) is 0 Å². The van der Waals surface area contributed by atoms with Gasteiger partial charge in [-0.3, -0.25) is 9.59 Å². The fourth-order valence-corrected chi connectivity index (χ4v) is 5.29. The van der Waals surface area contributed by atoms with Crippen LogP contribution in [0.5, 0.6) is 0 Å². The lowest BCUT2D eigenvalue weighted by molar-refractivity contribution is -0.158. The molecule has 0 aliphatic carbocycles. The van der Waals surface area contributed by atoms with Crippen LogP contribution in [-0.2, 0) is 33.1 Å². The molecule has 2 amide bonds. The summed E-state index contributed by atoms with van der Waals surface area (Å²) in [6, 6.07) is 7.79. The molecule has 2 unspecified atom stereocenters. The maximum absolute atomic E-state index is 13.5. The maximum Gasteiger partial charge on any atom is 0.494 e. The third-order valence-electron chi connectivity index (χ3n) is 8.15. The van der Waals surface area contributed by atoms with Crippen LogP contribution in [0.3, 0.4) is 0 Å². The van der Waals surface area contributed by atoms with Crippen molar-refractivity contribution in [1.29, 1.82) is 0 Å². The third kappa shape index (κ3) is 6.65. The summed E-state index contributed by atoms with van der Waals surface area (Å²) in [7, 11) is 1.16. The largest absolute Gasteiger partial charge is 0.494 e. The summed E-state index contributed by atoms with van der Waals surface area (Å²) in [6.45, 7) is 13.5. The van der Waals surface area contributed by atoms with Gasteiger partial charge >= 0.3 is 7.12 Å². The van der Waals surface area contributed by atoms with Gasteiger partial charge < -0.3 is 39.1 Å². The van der Waals surface area contributed by atoms with Gasteiger partial charge in [-0.15, -0.1) is 0 Å². The Hall–Kier alpha value is -2.42. The number of primary amides is 1. The number of benzene rings is 1. The van der Waals surface area contributed by atoms with Crippen molar-refractivity contribution in [2.24, 2.45) is 11.7 Å². The number of aromatic nitrogens is 2. The van der Waals surface area contributed by atoms with Crippen LogP contribution in [0.25, 0.3) is 11.3 Å². The highest BCUT2D eigenvalue weighted by molar-refractivity contribution is 7.59. The molecule has 2 atom stereocenters. The second-order valence-corrected chi connectivity index (χ2v) is 11.7. The lowest BCUT2D eigenvalue weighted by atomic mass is 9.79. The second kappa shape index (κ2) is 12.8. The number of nitrogens with zero attached hydrogens (tertiary/aromatic N) is 2. The molecule has 3 saturated heterocycles. The SMILES string of the molecule is COC(C(=O)N1CC2(CC1c1ncc(-c3ccc(B4OC(C)(C)C(C)(C)O4)cc3)[nH]1)OCCO2)C(C)C.NC=O.S. The highest BCUT2D eigenvalue weighted by Gasteiger charge is 2.53. The van der Waals surface area contributed by atoms with E-state index in [4.69, 9.17) is 28.3 Å². The molecule has 41 heavy (non-hydrogen) atoms. The molecule has 11 nitrogen and oxygen atoms in total. The van der Waals surface area contributed by atoms with Crippen LogP contribution < -0.4 is 11.2 Å². The molecule has 5 rings (SSSR count). The Morgan fingerprint density at radius 2 is 1.71 bits per heavy atom. The van der Waals surface area contributed by atoms with E-state index >= 15 is 0 Å². The van der Waals surface area contributed by atoms with Crippen molar-refractivity contribution in [1.82, 2.24) is 14.9 Å². The Balaban J connectivity index is 0.00000111. The molecular weight excluding hydrogens is 547 g/mol. The molecule has 2 aromatic rings. The van der Waals surface area contributed by atoms with E-state index in [9.17, 15) is 4.79 Å². The smallest absolute Gasteiger partial charge is 0.399 e. The van der Waals surface area contributed by atoms with Gasteiger partial charge in [-0.05, 0) is 44.6 Å². The molecule has 1 aromatic heterocycles. The number of hydrogen-bond acceptors (Lipinski definition) is 8. The summed E-state index contributed by atoms with van der Waals surface area (Å²) in [6.07, 6.45) is 2.02. The predicted octanol–water partition coefficient (Wildman–Crippen LogP) is 2.28. The van der Waals surface area contributed by atoms with E-state index in [0.717, 1.165) is 16.7 Å². The molecule has 1 aromatic carbocycles. The highest BCUT2D eigenvalue weighted by Crippen LogP contribution is 2.43. The number of nitrogens with two attached hydrogens (primary N) is 1. The Morgan fingerprint density at radius 1 is 1.15 bits per heavy atom. The van der Waals surface area contributed by atoms with Gasteiger partial charge in [0.1, 0.15) is 11.9 Å². The number of amides is 2. The van der Waals surface area contributed by atoms with Gasteiger partial charge in [0.15, 0.2) is 5.79 Å². The molecule has 1 spiro atoms. The molecule has 3 aliphatic rings. The fraction of sp³-hybridized carbons (Fsp3) is 0.607. The zero-order valence-electron chi connectivity index (χ0n) is 24.9. The van der Waals surface area contributed by atoms with Crippen molar-refractivity contribution >= 4 is 38.4 Å². The summed E-state index contributed by atoms with van der Waals surface area (Å²) >= 11 is 0. The van der Waals surface area contributed by atoms with Crippen molar-refractivity contribution < 1.29 is 33.1 Å². The average molecular weight is 591 g/mol. The van der Waals surface area contributed by atoms with Crippen molar-refractivity contribution in [3.05, 3.63) is 36.3 Å². The minimum Gasteiger partial charge on any atom is -0.399 e. The van der Waals surface area contributed by atoms with Crippen LogP contribution in [0.1, 0.15) is 59.8 Å². The normalized spacial score (nSPS) is 22.8. The summed E-state index contributed by atoms with van der Waals surface area (Å²) in [5.41, 5.74) is 6.20. The zero-order valence-corrected chi connectivity index (χ0v) is 25.9. The van der Waals surface area contributed by atoms with E-state index in [1.54, 1.807) is 18.2 Å². The van der Waals surface area contributed by atoms with Gasteiger partial charge in [0.2, 0.25) is 6.41 Å². The Kier molecular flexibility index (Phi) is 10.4. The number of carbonyl (C=O) groups is 2. The lowest BCUT2D eigenvalue weighted by Gasteiger charge is -2.32. The van der Waals surface area contributed by atoms with E-state index in [0.29, 0.717) is 32.0 Å². The fourth-order valence-electron chi connectivity index (χ4n) is 5.29. The monoisotopic (exact) mass is 590 g/mol. The number of rotatable bonds is 6. The molecule has 4 heterocycles. The van der Waals surface area contributed by atoms with Crippen LogP contribution in [0.4, 0.5) is 0 Å². The van der Waals surface area contributed by atoms with Crippen molar-refractivity contribution in [3.63, 3.8) is 0 Å². The van der Waals surface area contributed by atoms with Gasteiger partial charge in [0, 0.05) is 13.5 Å². The third-order valence-corrected chi connectivity index (χ3v) is 8.15. The van der Waals surface area contributed by atoms with E-state index < -0.39 is 19.0 Å². The number of aromatic amines is 1. The number of ether oxygens (including phenoxy) is 3. The van der Waals surface area contributed by atoms with Gasteiger partial charge in [-0.1, -0.05) is 38.1 Å². The van der Waals surface area contributed by atoms with Gasteiger partial charge in [0.05, 0.1) is 48.9 Å². The van der Waals surface area contributed by atoms with E-state index in [1.807, 2.05) is 65.8 Å². The molecule has 13 heteroatoms. The first-order chi connectivity index (χ1) is 18.9. The van der Waals surface area contributed by atoms with Gasteiger partial charge in [-0.2, -0.15) is 13.5 Å². The molecule has 3 aliphatic heterocycles. The molecule has 0 bridgehead atoms. The molecular formula is C28H43BN4O7S. The Bertz CT molecular complexity index is 1170. The number of nitrogens with one attached hydrogen (secondary N) is 1. The Morgan fingerprint density at radius 3 is 2.22 bits per heavy atom. The summed E-state index contributed by atoms with van der Waals surface area (Å²) in [4.78, 5) is 32.0. The first kappa shape index (κ1) is 33.1. The first-order valence-electron chi connectivity index (χ1n) is 13.6. The molecule has 3 fully saturated rings. The van der Waals surface area contributed by atoms with Crippen molar-refractivity contribution in [2.75, 3.05) is 26.9 Å². The van der Waals surface area contributed by atoms with E-state index in [2.05, 4.69) is 15.7 Å². The summed E-state index contributed by atoms with van der Waals surface area (Å²) in [5.74, 6) is -0.140. The highest BCUT2D eigenvalue weighted by atomic mass is 32.1. The standard InChI is InChI=1S/C27H38BN3O6.CH3NO.H2S/c1-17(2)22(33-7)24(32)31-16-27(34-12-13-35-27)14-21(31)23-29-15-20(30-23)18-8-10-19(11-9-18)28-36-25(3,4)26(5,6)37-28;2-1-3;/h8-11,15,17,21-22H,12-14,16H2,1-7H3,(H,29,30);1H,(H2,2,3);1H2. The minimum atomic E-state index is -0.799. The van der Waals surface area contributed by atoms with Crippen LogP contribution in [0, 0.1) is 5.92 Å². The zero-order chi connectivity index (χ0) is 29.3.